The van der Waals surface area contributed by atoms with Gasteiger partial charge in [0.1, 0.15) is 5.76 Å². The second-order valence-electron chi connectivity index (χ2n) is 8.76. The van der Waals surface area contributed by atoms with E-state index >= 15 is 0 Å². The van der Waals surface area contributed by atoms with Gasteiger partial charge < -0.3 is 14.9 Å². The van der Waals surface area contributed by atoms with Gasteiger partial charge in [0.25, 0.3) is 11.7 Å². The number of pyridine rings is 1. The minimum Gasteiger partial charge on any atom is -0.507 e. The molecular formula is C27H25ClN4O3. The Kier molecular flexibility index (Phi) is 6.28. The molecule has 3 aromatic rings. The predicted octanol–water partition coefficient (Wildman–Crippen LogP) is 4.11. The van der Waals surface area contributed by atoms with Crippen LogP contribution in [0.2, 0.25) is 5.02 Å². The van der Waals surface area contributed by atoms with Gasteiger partial charge in [-0.05, 0) is 73.3 Å². The molecular weight excluding hydrogens is 464 g/mol. The van der Waals surface area contributed by atoms with Gasteiger partial charge in [-0.3, -0.25) is 19.5 Å². The molecule has 1 amide bonds. The lowest BCUT2D eigenvalue weighted by Crippen LogP contribution is -2.44. The van der Waals surface area contributed by atoms with Crippen LogP contribution in [0.3, 0.4) is 0 Å². The van der Waals surface area contributed by atoms with Crippen LogP contribution >= 0.6 is 11.6 Å². The number of piperazine rings is 1. The normalized spacial score (nSPS) is 20.5. The summed E-state index contributed by atoms with van der Waals surface area (Å²) in [6.45, 7) is 3.84. The van der Waals surface area contributed by atoms with Gasteiger partial charge in [0, 0.05) is 60.5 Å². The Bertz CT molecular complexity index is 1270. The lowest BCUT2D eigenvalue weighted by Gasteiger charge is -2.34. The van der Waals surface area contributed by atoms with Crippen molar-refractivity contribution in [3.05, 3.63) is 94.8 Å². The van der Waals surface area contributed by atoms with Gasteiger partial charge in [-0.2, -0.15) is 0 Å². The number of ketones is 1. The molecule has 1 aromatic heterocycles. The second-order valence-corrected chi connectivity index (χ2v) is 9.20. The molecule has 35 heavy (non-hydrogen) atoms. The van der Waals surface area contributed by atoms with E-state index < -0.39 is 17.7 Å². The van der Waals surface area contributed by atoms with Crippen molar-refractivity contribution in [2.45, 2.75) is 6.04 Å². The number of Topliss-reactive ketones (excluding diaryl/α,β-unsaturated/α-hetero) is 1. The zero-order chi connectivity index (χ0) is 24.5. The number of aliphatic hydroxyl groups is 1. The highest BCUT2D eigenvalue weighted by molar-refractivity contribution is 6.51. The average Bonchev–Trinajstić information content (AvgIpc) is 3.15. The van der Waals surface area contributed by atoms with Crippen molar-refractivity contribution in [2.75, 3.05) is 43.0 Å². The van der Waals surface area contributed by atoms with Crippen LogP contribution in [0.5, 0.6) is 0 Å². The molecule has 8 heteroatoms. The Labute approximate surface area is 208 Å². The summed E-state index contributed by atoms with van der Waals surface area (Å²) in [4.78, 5) is 36.6. The molecule has 1 N–H and O–H groups in total. The fourth-order valence-corrected chi connectivity index (χ4v) is 4.74. The Hall–Kier alpha value is -3.68. The highest BCUT2D eigenvalue weighted by Crippen LogP contribution is 2.42. The molecule has 2 aromatic carbocycles. The molecule has 178 valence electrons. The first-order valence-corrected chi connectivity index (χ1v) is 11.8. The topological polar surface area (TPSA) is 77.0 Å². The van der Waals surface area contributed by atoms with Crippen molar-refractivity contribution in [3.8, 4) is 0 Å². The van der Waals surface area contributed by atoms with Crippen LogP contribution in [0.4, 0.5) is 11.4 Å². The molecule has 7 nitrogen and oxygen atoms in total. The Balaban J connectivity index is 1.56. The van der Waals surface area contributed by atoms with Crippen LogP contribution in [0.1, 0.15) is 17.2 Å². The summed E-state index contributed by atoms with van der Waals surface area (Å²) in [5.74, 6) is -1.66. The lowest BCUT2D eigenvalue weighted by atomic mass is 9.96. The summed E-state index contributed by atoms with van der Waals surface area (Å²) in [5, 5.41) is 11.6. The van der Waals surface area contributed by atoms with Gasteiger partial charge >= 0.3 is 0 Å². The van der Waals surface area contributed by atoms with E-state index in [9.17, 15) is 14.7 Å². The summed E-state index contributed by atoms with van der Waals surface area (Å²) in [6, 6.07) is 16.9. The number of benzene rings is 2. The summed E-state index contributed by atoms with van der Waals surface area (Å²) >= 11 is 5.99. The molecule has 1 unspecified atom stereocenters. The third kappa shape index (κ3) is 4.40. The molecule has 0 aliphatic carbocycles. The minimum atomic E-state index is -0.789. The minimum absolute atomic E-state index is 0.0340. The van der Waals surface area contributed by atoms with Crippen molar-refractivity contribution < 1.29 is 14.7 Å². The summed E-state index contributed by atoms with van der Waals surface area (Å²) in [7, 11) is 2.11. The van der Waals surface area contributed by atoms with Gasteiger partial charge in [0.2, 0.25) is 0 Å². The van der Waals surface area contributed by atoms with Crippen LogP contribution in [0.15, 0.2) is 78.6 Å². The van der Waals surface area contributed by atoms with E-state index in [-0.39, 0.29) is 11.3 Å². The maximum Gasteiger partial charge on any atom is 0.300 e. The summed E-state index contributed by atoms with van der Waals surface area (Å²) in [6.07, 6.45) is 3.21. The number of carbonyl (C=O) groups is 2. The van der Waals surface area contributed by atoms with Crippen molar-refractivity contribution in [1.29, 1.82) is 0 Å². The van der Waals surface area contributed by atoms with E-state index in [0.717, 1.165) is 31.9 Å². The zero-order valence-electron chi connectivity index (χ0n) is 19.3. The number of aliphatic hydroxyl groups excluding tert-OH is 1. The predicted molar refractivity (Wildman–Crippen MR) is 137 cm³/mol. The van der Waals surface area contributed by atoms with Crippen molar-refractivity contribution in [1.82, 2.24) is 9.88 Å². The van der Waals surface area contributed by atoms with E-state index in [4.69, 9.17) is 11.6 Å². The van der Waals surface area contributed by atoms with Crippen LogP contribution in [0.25, 0.3) is 5.76 Å². The molecule has 0 bridgehead atoms. The van der Waals surface area contributed by atoms with Crippen LogP contribution in [-0.2, 0) is 9.59 Å². The zero-order valence-corrected chi connectivity index (χ0v) is 20.0. The van der Waals surface area contributed by atoms with E-state index in [1.165, 1.54) is 4.90 Å². The van der Waals surface area contributed by atoms with Crippen molar-refractivity contribution in [3.63, 3.8) is 0 Å². The fraction of sp³-hybridized carbons (Fsp3) is 0.222. The average molecular weight is 489 g/mol. The molecule has 1 atom stereocenters. The Morgan fingerprint density at radius 3 is 2.11 bits per heavy atom. The van der Waals surface area contributed by atoms with E-state index in [2.05, 4.69) is 21.8 Å². The van der Waals surface area contributed by atoms with Gasteiger partial charge in [-0.1, -0.05) is 11.6 Å². The number of aromatic nitrogens is 1. The maximum absolute atomic E-state index is 13.3. The summed E-state index contributed by atoms with van der Waals surface area (Å²) in [5.41, 5.74) is 2.78. The fourth-order valence-electron chi connectivity index (χ4n) is 4.61. The molecule has 0 radical (unpaired) electrons. The first kappa shape index (κ1) is 23.1. The molecule has 2 aliphatic rings. The van der Waals surface area contributed by atoms with Gasteiger partial charge in [-0.15, -0.1) is 0 Å². The number of hydrogen-bond acceptors (Lipinski definition) is 6. The standard InChI is InChI=1S/C27H25ClN4O3/c1-30-14-16-31(17-15-30)21-6-8-22(9-7-21)32-24(18-10-12-29-13-11-18)23(26(34)27(32)35)25(33)19-2-4-20(28)5-3-19/h2-13,24,33H,14-17H2,1H3/b25-23+. The largest absolute Gasteiger partial charge is 0.507 e. The third-order valence-corrected chi connectivity index (χ3v) is 6.83. The number of halogens is 1. The summed E-state index contributed by atoms with van der Waals surface area (Å²) < 4.78 is 0. The monoisotopic (exact) mass is 488 g/mol. The SMILES string of the molecule is CN1CCN(c2ccc(N3C(=O)C(=O)/C(=C(/O)c4ccc(Cl)cc4)C3c3ccncc3)cc2)CC1. The highest BCUT2D eigenvalue weighted by Gasteiger charge is 2.47. The first-order valence-electron chi connectivity index (χ1n) is 11.4. The molecule has 0 saturated carbocycles. The molecule has 3 heterocycles. The molecule has 2 aliphatic heterocycles. The Morgan fingerprint density at radius 2 is 1.49 bits per heavy atom. The number of rotatable bonds is 4. The van der Waals surface area contributed by atoms with E-state index in [1.54, 1.807) is 48.8 Å². The van der Waals surface area contributed by atoms with Gasteiger partial charge in [-0.25, -0.2) is 0 Å². The van der Waals surface area contributed by atoms with Crippen molar-refractivity contribution >= 4 is 40.4 Å². The first-order chi connectivity index (χ1) is 16.9. The molecule has 0 spiro atoms. The number of anilines is 2. The number of likely N-dealkylation sites (N-methyl/N-ethyl adjacent to an activating group) is 1. The quantitative estimate of drug-likeness (QED) is 0.338. The molecule has 5 rings (SSSR count). The number of hydrogen-bond donors (Lipinski definition) is 1. The number of amides is 1. The lowest BCUT2D eigenvalue weighted by molar-refractivity contribution is -0.132. The third-order valence-electron chi connectivity index (χ3n) is 6.58. The maximum atomic E-state index is 13.3. The van der Waals surface area contributed by atoms with Crippen LogP contribution in [0, 0.1) is 0 Å². The number of nitrogens with zero attached hydrogens (tertiary/aromatic N) is 4. The van der Waals surface area contributed by atoms with Gasteiger partial charge in [0.05, 0.1) is 11.6 Å². The van der Waals surface area contributed by atoms with Crippen LogP contribution < -0.4 is 9.80 Å². The molecule has 2 fully saturated rings. The number of carbonyl (C=O) groups excluding carboxylic acids is 2. The van der Waals surface area contributed by atoms with Crippen LogP contribution in [-0.4, -0.2) is 59.9 Å². The van der Waals surface area contributed by atoms with E-state index in [0.29, 0.717) is 21.8 Å². The Morgan fingerprint density at radius 1 is 0.886 bits per heavy atom. The van der Waals surface area contributed by atoms with Crippen molar-refractivity contribution in [2.24, 2.45) is 0 Å². The van der Waals surface area contributed by atoms with E-state index in [1.807, 2.05) is 24.3 Å². The molecule has 2 saturated heterocycles. The smallest absolute Gasteiger partial charge is 0.300 e. The second kappa shape index (κ2) is 9.52. The van der Waals surface area contributed by atoms with Gasteiger partial charge in [0.15, 0.2) is 0 Å². The highest BCUT2D eigenvalue weighted by atomic mass is 35.5.